The zero-order valence-electron chi connectivity index (χ0n) is 9.42. The van der Waals surface area contributed by atoms with Crippen LogP contribution >= 0.6 is 11.6 Å². The molecule has 16 heavy (non-hydrogen) atoms. The van der Waals surface area contributed by atoms with E-state index >= 15 is 0 Å². The molecular weight excluding hydrogens is 230 g/mol. The lowest BCUT2D eigenvalue weighted by atomic mass is 9.90. The Hall–Kier alpha value is -1.00. The maximum Gasteiger partial charge on any atom is 0.256 e. The Morgan fingerprint density at radius 3 is 2.81 bits per heavy atom. The molecule has 90 valence electrons. The van der Waals surface area contributed by atoms with Crippen LogP contribution in [0.5, 0.6) is 0 Å². The molecule has 1 rings (SSSR count). The van der Waals surface area contributed by atoms with Crippen molar-refractivity contribution in [3.63, 3.8) is 0 Å². The van der Waals surface area contributed by atoms with Crippen molar-refractivity contribution in [3.05, 3.63) is 23.1 Å². The van der Waals surface area contributed by atoms with Gasteiger partial charge in [-0.3, -0.25) is 4.79 Å². The molecule has 0 aliphatic rings. The summed E-state index contributed by atoms with van der Waals surface area (Å²) in [6, 6.07) is 1.52. The van der Waals surface area contributed by atoms with E-state index in [-0.39, 0.29) is 23.1 Å². The lowest BCUT2D eigenvalue weighted by Crippen LogP contribution is -2.34. The number of hydrogen-bond acceptors (Lipinski definition) is 3. The van der Waals surface area contributed by atoms with Crippen molar-refractivity contribution in [2.45, 2.75) is 20.3 Å². The largest absolute Gasteiger partial charge is 0.452 e. The van der Waals surface area contributed by atoms with E-state index in [2.05, 4.69) is 5.32 Å². The third-order valence-corrected chi connectivity index (χ3v) is 2.67. The van der Waals surface area contributed by atoms with Crippen molar-refractivity contribution in [3.8, 4) is 0 Å². The molecule has 1 aromatic heterocycles. The summed E-state index contributed by atoms with van der Waals surface area (Å²) in [5.74, 6) is -0.259. The van der Waals surface area contributed by atoms with Gasteiger partial charge in [0.2, 0.25) is 5.22 Å². The molecule has 5 heteroatoms. The summed E-state index contributed by atoms with van der Waals surface area (Å²) >= 11 is 5.68. The topological polar surface area (TPSA) is 62.5 Å². The van der Waals surface area contributed by atoms with Gasteiger partial charge in [0.25, 0.3) is 5.91 Å². The minimum Gasteiger partial charge on any atom is -0.452 e. The maximum absolute atomic E-state index is 11.7. The van der Waals surface area contributed by atoms with Crippen LogP contribution in [0.15, 0.2) is 16.7 Å². The van der Waals surface area contributed by atoms with Crippen LogP contribution < -0.4 is 5.32 Å². The predicted octanol–water partition coefficient (Wildman–Crippen LogP) is 2.07. The van der Waals surface area contributed by atoms with Gasteiger partial charge in [0.1, 0.15) is 0 Å². The average molecular weight is 246 g/mol. The van der Waals surface area contributed by atoms with Crippen LogP contribution in [0.1, 0.15) is 30.6 Å². The molecule has 1 aromatic rings. The van der Waals surface area contributed by atoms with Crippen molar-refractivity contribution in [1.82, 2.24) is 5.32 Å². The third kappa shape index (κ3) is 3.54. The van der Waals surface area contributed by atoms with Crippen LogP contribution in [0.4, 0.5) is 0 Å². The number of aliphatic hydroxyl groups excluding tert-OH is 1. The van der Waals surface area contributed by atoms with E-state index in [0.717, 1.165) is 0 Å². The Morgan fingerprint density at radius 1 is 1.62 bits per heavy atom. The number of nitrogens with one attached hydrogen (secondary N) is 1. The number of amides is 1. The van der Waals surface area contributed by atoms with Crippen LogP contribution in [-0.4, -0.2) is 24.2 Å². The molecule has 0 spiro atoms. The molecule has 2 N–H and O–H groups in total. The van der Waals surface area contributed by atoms with Crippen molar-refractivity contribution >= 4 is 17.5 Å². The van der Waals surface area contributed by atoms with Gasteiger partial charge in [0.15, 0.2) is 0 Å². The second-order valence-corrected chi connectivity index (χ2v) is 4.77. The summed E-state index contributed by atoms with van der Waals surface area (Å²) in [5.41, 5.74) is 0.196. The summed E-state index contributed by atoms with van der Waals surface area (Å²) in [5, 5.41) is 11.7. The summed E-state index contributed by atoms with van der Waals surface area (Å²) < 4.78 is 4.83. The van der Waals surface area contributed by atoms with Gasteiger partial charge in [0.05, 0.1) is 11.8 Å². The van der Waals surface area contributed by atoms with Gasteiger partial charge < -0.3 is 14.8 Å². The zero-order valence-corrected chi connectivity index (χ0v) is 10.2. The first-order valence-electron chi connectivity index (χ1n) is 5.08. The fourth-order valence-corrected chi connectivity index (χ4v) is 1.46. The molecule has 1 amide bonds. The lowest BCUT2D eigenvalue weighted by molar-refractivity contribution is 0.0928. The third-order valence-electron chi connectivity index (χ3n) is 2.38. The fourth-order valence-electron chi connectivity index (χ4n) is 1.26. The Bertz CT molecular complexity index is 360. The molecular formula is C11H16ClNO3. The van der Waals surface area contributed by atoms with Gasteiger partial charge in [-0.1, -0.05) is 13.8 Å². The molecule has 0 aliphatic heterocycles. The van der Waals surface area contributed by atoms with Gasteiger partial charge in [-0.25, -0.2) is 0 Å². The second kappa shape index (κ2) is 5.37. The highest BCUT2D eigenvalue weighted by Gasteiger charge is 2.20. The van der Waals surface area contributed by atoms with Crippen LogP contribution in [-0.2, 0) is 0 Å². The molecule has 1 heterocycles. The van der Waals surface area contributed by atoms with Gasteiger partial charge >= 0.3 is 0 Å². The second-order valence-electron chi connectivity index (χ2n) is 4.43. The predicted molar refractivity (Wildman–Crippen MR) is 61.5 cm³/mol. The standard InChI is InChI=1S/C11H16ClNO3/c1-11(2,4-5-14)7-13-10(15)8-3-6-16-9(8)12/h3,6,14H,4-5,7H2,1-2H3,(H,13,15). The van der Waals surface area contributed by atoms with E-state index in [0.29, 0.717) is 18.5 Å². The first-order chi connectivity index (χ1) is 7.46. The van der Waals surface area contributed by atoms with Gasteiger partial charge in [-0.05, 0) is 29.5 Å². The van der Waals surface area contributed by atoms with E-state index in [1.165, 1.54) is 12.3 Å². The summed E-state index contributed by atoms with van der Waals surface area (Å²) in [4.78, 5) is 11.7. The minimum atomic E-state index is -0.259. The maximum atomic E-state index is 11.7. The van der Waals surface area contributed by atoms with Crippen molar-refractivity contribution in [2.24, 2.45) is 5.41 Å². The number of carbonyl (C=O) groups is 1. The first-order valence-corrected chi connectivity index (χ1v) is 5.46. The molecule has 0 atom stereocenters. The Balaban J connectivity index is 2.51. The molecule has 0 saturated heterocycles. The van der Waals surface area contributed by atoms with Gasteiger partial charge in [-0.2, -0.15) is 0 Å². The quantitative estimate of drug-likeness (QED) is 0.835. The number of hydrogen-bond donors (Lipinski definition) is 2. The summed E-state index contributed by atoms with van der Waals surface area (Å²) in [6.45, 7) is 4.53. The highest BCUT2D eigenvalue weighted by atomic mass is 35.5. The highest BCUT2D eigenvalue weighted by molar-refractivity contribution is 6.32. The molecule has 0 bridgehead atoms. The average Bonchev–Trinajstić information content (AvgIpc) is 2.61. The molecule has 0 aliphatic carbocycles. The van der Waals surface area contributed by atoms with Gasteiger partial charge in [-0.15, -0.1) is 0 Å². The molecule has 4 nitrogen and oxygen atoms in total. The van der Waals surface area contributed by atoms with Crippen molar-refractivity contribution in [1.29, 1.82) is 0 Å². The van der Waals surface area contributed by atoms with Crippen LogP contribution in [0.3, 0.4) is 0 Å². The monoisotopic (exact) mass is 245 g/mol. The Kier molecular flexibility index (Phi) is 4.38. The molecule has 0 fully saturated rings. The molecule has 0 radical (unpaired) electrons. The number of rotatable bonds is 5. The number of halogens is 1. The smallest absolute Gasteiger partial charge is 0.256 e. The highest BCUT2D eigenvalue weighted by Crippen LogP contribution is 2.20. The number of carbonyl (C=O) groups excluding carboxylic acids is 1. The van der Waals surface area contributed by atoms with Crippen LogP contribution in [0.2, 0.25) is 5.22 Å². The lowest BCUT2D eigenvalue weighted by Gasteiger charge is -2.23. The van der Waals surface area contributed by atoms with Gasteiger partial charge in [0, 0.05) is 13.2 Å². The molecule has 0 saturated carbocycles. The van der Waals surface area contributed by atoms with E-state index in [4.69, 9.17) is 21.1 Å². The minimum absolute atomic E-state index is 0.0949. The SMILES string of the molecule is CC(C)(CCO)CNC(=O)c1ccoc1Cl. The number of furan rings is 1. The molecule has 0 unspecified atom stereocenters. The van der Waals surface area contributed by atoms with E-state index in [1.54, 1.807) is 0 Å². The van der Waals surface area contributed by atoms with E-state index in [1.807, 2.05) is 13.8 Å². The normalized spacial score (nSPS) is 11.5. The zero-order chi connectivity index (χ0) is 12.2. The first kappa shape index (κ1) is 13.1. The van der Waals surface area contributed by atoms with Crippen molar-refractivity contribution in [2.75, 3.05) is 13.2 Å². The Morgan fingerprint density at radius 2 is 2.31 bits per heavy atom. The van der Waals surface area contributed by atoms with Crippen molar-refractivity contribution < 1.29 is 14.3 Å². The fraction of sp³-hybridized carbons (Fsp3) is 0.545. The Labute approximate surface area is 99.6 Å². The number of aliphatic hydroxyl groups is 1. The van der Waals surface area contributed by atoms with E-state index in [9.17, 15) is 4.79 Å². The van der Waals surface area contributed by atoms with E-state index < -0.39 is 0 Å². The van der Waals surface area contributed by atoms with Crippen LogP contribution in [0.25, 0.3) is 0 Å². The molecule has 0 aromatic carbocycles. The van der Waals surface area contributed by atoms with Crippen LogP contribution in [0, 0.1) is 5.41 Å². The summed E-state index contributed by atoms with van der Waals surface area (Å²) in [6.07, 6.45) is 2.00. The summed E-state index contributed by atoms with van der Waals surface area (Å²) in [7, 11) is 0.